The summed E-state index contributed by atoms with van der Waals surface area (Å²) in [5.41, 5.74) is 5.34. The minimum Gasteiger partial charge on any atom is -0.744 e. The lowest BCUT2D eigenvalue weighted by Crippen LogP contribution is -2.28. The van der Waals surface area contributed by atoms with Gasteiger partial charge in [-0.1, -0.05) is 83.5 Å². The number of fused-ring (bicyclic) bond motifs is 2. The van der Waals surface area contributed by atoms with Crippen LogP contribution in [0.15, 0.2) is 102 Å². The molecular weight excluding hydrogens is 645 g/mol. The summed E-state index contributed by atoms with van der Waals surface area (Å²) in [5, 5.41) is 0. The van der Waals surface area contributed by atoms with Crippen molar-refractivity contribution in [3.8, 4) is 5.75 Å². The molecule has 0 aromatic heterocycles. The van der Waals surface area contributed by atoms with Crippen LogP contribution < -0.4 is 9.64 Å². The van der Waals surface area contributed by atoms with Crippen LogP contribution in [-0.4, -0.2) is 48.7 Å². The number of nitrogens with zero attached hydrogens (tertiary/aromatic N) is 2. The number of hydrogen-bond donors (Lipinski definition) is 0. The topological polar surface area (TPSA) is 89.8 Å². The third-order valence-corrected chi connectivity index (χ3v) is 11.0. The lowest BCUT2D eigenvalue weighted by atomic mass is 9.81. The molecule has 2 aliphatic heterocycles. The van der Waals surface area contributed by atoms with Gasteiger partial charge in [-0.25, -0.2) is 8.42 Å². The molecule has 266 valence electrons. The number of ether oxygens (including phenoxy) is 1. The SMILES string of the molecule is CC(C)(C)C(=O)CCCCCN1/C(=C/C=C/C2=[N+](CCCOc3ccccc3)c3ccccc3C2(C)C)C(C)(C)c2cc(S(=O)(=O)[O-])ccc21. The van der Waals surface area contributed by atoms with E-state index in [4.69, 9.17) is 4.74 Å². The van der Waals surface area contributed by atoms with Gasteiger partial charge in [0.25, 0.3) is 0 Å². The Kier molecular flexibility index (Phi) is 10.9. The highest BCUT2D eigenvalue weighted by molar-refractivity contribution is 7.85. The average molecular weight is 697 g/mol. The maximum absolute atomic E-state index is 12.5. The summed E-state index contributed by atoms with van der Waals surface area (Å²) in [6, 6.07) is 23.2. The Morgan fingerprint density at radius 2 is 1.58 bits per heavy atom. The lowest BCUT2D eigenvalue weighted by Gasteiger charge is -2.27. The Hall–Kier alpha value is -4.01. The quantitative estimate of drug-likeness (QED) is 0.0951. The van der Waals surface area contributed by atoms with Gasteiger partial charge in [-0.05, 0) is 68.7 Å². The van der Waals surface area contributed by atoms with Crippen LogP contribution in [0.4, 0.5) is 11.4 Å². The largest absolute Gasteiger partial charge is 0.744 e. The molecule has 2 aliphatic rings. The summed E-state index contributed by atoms with van der Waals surface area (Å²) >= 11 is 0. The Balaban J connectivity index is 1.43. The Morgan fingerprint density at radius 3 is 2.28 bits per heavy atom. The predicted octanol–water partition coefficient (Wildman–Crippen LogP) is 8.85. The van der Waals surface area contributed by atoms with Crippen molar-refractivity contribution in [3.05, 3.63) is 108 Å². The van der Waals surface area contributed by atoms with E-state index in [-0.39, 0.29) is 21.5 Å². The van der Waals surface area contributed by atoms with Crippen molar-refractivity contribution in [3.63, 3.8) is 0 Å². The summed E-state index contributed by atoms with van der Waals surface area (Å²) in [6.07, 6.45) is 10.5. The summed E-state index contributed by atoms with van der Waals surface area (Å²) in [4.78, 5) is 14.5. The van der Waals surface area contributed by atoms with Crippen LogP contribution in [0, 0.1) is 5.41 Å². The van der Waals surface area contributed by atoms with Crippen molar-refractivity contribution in [2.24, 2.45) is 5.41 Å². The van der Waals surface area contributed by atoms with Crippen molar-refractivity contribution in [2.45, 2.75) is 96.3 Å². The van der Waals surface area contributed by atoms with Gasteiger partial charge >= 0.3 is 0 Å². The molecule has 3 aromatic carbocycles. The van der Waals surface area contributed by atoms with E-state index in [9.17, 15) is 17.8 Å². The van der Waals surface area contributed by atoms with Gasteiger partial charge < -0.3 is 14.2 Å². The molecule has 0 amide bonds. The Morgan fingerprint density at radius 1 is 0.880 bits per heavy atom. The summed E-state index contributed by atoms with van der Waals surface area (Å²) < 4.78 is 44.4. The molecule has 0 saturated carbocycles. The van der Waals surface area contributed by atoms with Crippen LogP contribution in [0.1, 0.15) is 91.7 Å². The second-order valence-electron chi connectivity index (χ2n) is 15.5. The fraction of sp³-hybridized carbons (Fsp3) is 0.429. The molecule has 0 atom stereocenters. The molecule has 0 N–H and O–H groups in total. The van der Waals surface area contributed by atoms with Gasteiger partial charge in [0, 0.05) is 59.3 Å². The zero-order chi connectivity index (χ0) is 36.3. The van der Waals surface area contributed by atoms with Gasteiger partial charge in [0.15, 0.2) is 12.3 Å². The molecule has 8 heteroatoms. The number of carbonyl (C=O) groups excluding carboxylic acids is 1. The van der Waals surface area contributed by atoms with E-state index in [1.807, 2.05) is 51.1 Å². The highest BCUT2D eigenvalue weighted by Crippen LogP contribution is 2.49. The first-order valence-electron chi connectivity index (χ1n) is 17.8. The summed E-state index contributed by atoms with van der Waals surface area (Å²) in [7, 11) is -4.60. The van der Waals surface area contributed by atoms with E-state index in [0.717, 1.165) is 54.9 Å². The Labute approximate surface area is 299 Å². The van der Waals surface area contributed by atoms with Crippen molar-refractivity contribution in [2.75, 3.05) is 24.6 Å². The van der Waals surface area contributed by atoms with Crippen molar-refractivity contribution < 1.29 is 27.1 Å². The van der Waals surface area contributed by atoms with E-state index in [1.165, 1.54) is 23.0 Å². The zero-order valence-corrected chi connectivity index (χ0v) is 31.5. The van der Waals surface area contributed by atoms with Crippen LogP contribution in [-0.2, 0) is 25.7 Å². The minimum atomic E-state index is -4.60. The number of Topliss-reactive ketones (excluding diaryl/α,β-unsaturated/α-hetero) is 1. The van der Waals surface area contributed by atoms with Crippen LogP contribution in [0.3, 0.4) is 0 Å². The second kappa shape index (κ2) is 14.7. The monoisotopic (exact) mass is 696 g/mol. The average Bonchev–Trinajstić information content (AvgIpc) is 3.40. The van der Waals surface area contributed by atoms with Gasteiger partial charge in [0.1, 0.15) is 21.7 Å². The van der Waals surface area contributed by atoms with Crippen LogP contribution in [0.5, 0.6) is 5.75 Å². The number of allylic oxidation sites excluding steroid dienone is 4. The molecule has 2 heterocycles. The smallest absolute Gasteiger partial charge is 0.209 e. The molecular formula is C42H52N2O5S. The lowest BCUT2D eigenvalue weighted by molar-refractivity contribution is -0.438. The molecule has 0 radical (unpaired) electrons. The van der Waals surface area contributed by atoms with Gasteiger partial charge in [-0.2, -0.15) is 4.58 Å². The number of ketones is 1. The molecule has 5 rings (SSSR count). The number of benzene rings is 3. The number of rotatable bonds is 14. The number of hydrogen-bond acceptors (Lipinski definition) is 6. The fourth-order valence-corrected chi connectivity index (χ4v) is 7.70. The highest BCUT2D eigenvalue weighted by atomic mass is 32.2. The first kappa shape index (κ1) is 37.3. The van der Waals surface area contributed by atoms with E-state index < -0.39 is 15.5 Å². The Bertz CT molecular complexity index is 1910. The molecule has 0 spiro atoms. The third-order valence-electron chi connectivity index (χ3n) is 10.1. The third kappa shape index (κ3) is 7.97. The molecule has 0 aliphatic carbocycles. The molecule has 0 bridgehead atoms. The highest BCUT2D eigenvalue weighted by Gasteiger charge is 2.44. The molecule has 0 fully saturated rings. The molecule has 3 aromatic rings. The molecule has 0 saturated heterocycles. The maximum Gasteiger partial charge on any atom is 0.209 e. The van der Waals surface area contributed by atoms with E-state index in [1.54, 1.807) is 12.1 Å². The normalized spacial score (nSPS) is 17.4. The van der Waals surface area contributed by atoms with Crippen LogP contribution in [0.25, 0.3) is 0 Å². The number of unbranched alkanes of at least 4 members (excludes halogenated alkanes) is 2. The van der Waals surface area contributed by atoms with Crippen molar-refractivity contribution in [1.82, 2.24) is 0 Å². The van der Waals surface area contributed by atoms with Gasteiger partial charge in [0.05, 0.1) is 16.9 Å². The standard InChI is InChI=1S/C42H52N2O5S/c1-40(2,3)39(45)24-12-9-15-27-43-36-26-25-32(50(46,47)48)30-34(36)42(6,7)38(43)23-16-22-37-41(4,5)33-20-13-14-21-35(33)44(37)28-17-29-49-31-18-10-8-11-19-31/h8,10-11,13-14,16,18-23,25-26,30H,9,12,15,17,24,27-29H2,1-7H3. The summed E-state index contributed by atoms with van der Waals surface area (Å²) in [5.74, 6) is 1.14. The first-order chi connectivity index (χ1) is 23.5. The van der Waals surface area contributed by atoms with Crippen molar-refractivity contribution >= 4 is 33.0 Å². The van der Waals surface area contributed by atoms with Gasteiger partial charge in [-0.3, -0.25) is 4.79 Å². The van der Waals surface area contributed by atoms with E-state index in [0.29, 0.717) is 19.6 Å². The molecule has 50 heavy (non-hydrogen) atoms. The van der Waals surface area contributed by atoms with Gasteiger partial charge in [0.2, 0.25) is 5.69 Å². The number of anilines is 1. The summed E-state index contributed by atoms with van der Waals surface area (Å²) in [6.45, 7) is 16.7. The number of para-hydroxylation sites is 2. The second-order valence-corrected chi connectivity index (χ2v) is 16.9. The molecule has 0 unspecified atom stereocenters. The fourth-order valence-electron chi connectivity index (χ4n) is 7.20. The molecule has 7 nitrogen and oxygen atoms in total. The van der Waals surface area contributed by atoms with Crippen molar-refractivity contribution in [1.29, 1.82) is 0 Å². The predicted molar refractivity (Wildman–Crippen MR) is 201 cm³/mol. The van der Waals surface area contributed by atoms with Crippen LogP contribution >= 0.6 is 0 Å². The first-order valence-corrected chi connectivity index (χ1v) is 19.2. The number of carbonyl (C=O) groups is 1. The van der Waals surface area contributed by atoms with Crippen LogP contribution in [0.2, 0.25) is 0 Å². The zero-order valence-electron chi connectivity index (χ0n) is 30.7. The minimum absolute atomic E-state index is 0.213. The maximum atomic E-state index is 12.5. The van der Waals surface area contributed by atoms with Gasteiger partial charge in [-0.15, -0.1) is 0 Å². The van der Waals surface area contributed by atoms with E-state index in [2.05, 4.69) is 79.7 Å². The van der Waals surface area contributed by atoms with E-state index >= 15 is 0 Å².